The third-order valence-electron chi connectivity index (χ3n) is 5.74. The maximum absolute atomic E-state index is 5.87. The van der Waals surface area contributed by atoms with Gasteiger partial charge in [-0.3, -0.25) is 4.90 Å². The molecule has 5 heteroatoms. The Balaban J connectivity index is 1.38. The van der Waals surface area contributed by atoms with E-state index >= 15 is 0 Å². The van der Waals surface area contributed by atoms with E-state index in [1.165, 1.54) is 5.56 Å². The van der Waals surface area contributed by atoms with Crippen molar-refractivity contribution in [3.05, 3.63) is 35.9 Å². The molecule has 1 N–H and O–H groups in total. The number of hydrogen-bond donors (Lipinski definition) is 1. The molecule has 1 aromatic rings. The minimum absolute atomic E-state index is 0.273. The maximum atomic E-state index is 5.87. The van der Waals surface area contributed by atoms with Gasteiger partial charge in [0.1, 0.15) is 0 Å². The molecule has 2 saturated heterocycles. The predicted molar refractivity (Wildman–Crippen MR) is 96.5 cm³/mol. The summed E-state index contributed by atoms with van der Waals surface area (Å²) in [6.45, 7) is 6.30. The van der Waals surface area contributed by atoms with Gasteiger partial charge in [0.2, 0.25) is 0 Å². The first-order chi connectivity index (χ1) is 12.3. The summed E-state index contributed by atoms with van der Waals surface area (Å²) in [5, 5.41) is 3.93. The molecule has 1 aliphatic carbocycles. The van der Waals surface area contributed by atoms with E-state index in [4.69, 9.17) is 14.2 Å². The Labute approximate surface area is 150 Å². The second-order valence-corrected chi connectivity index (χ2v) is 7.42. The second-order valence-electron chi connectivity index (χ2n) is 7.42. The van der Waals surface area contributed by atoms with Gasteiger partial charge in [-0.15, -0.1) is 0 Å². The average molecular weight is 346 g/mol. The largest absolute Gasteiger partial charge is 0.379 e. The maximum Gasteiger partial charge on any atom is 0.168 e. The van der Waals surface area contributed by atoms with Gasteiger partial charge in [0, 0.05) is 44.6 Å². The Morgan fingerprint density at radius 2 is 1.68 bits per heavy atom. The molecular weight excluding hydrogens is 316 g/mol. The third kappa shape index (κ3) is 4.41. The number of morpholine rings is 1. The topological polar surface area (TPSA) is 43.0 Å². The summed E-state index contributed by atoms with van der Waals surface area (Å²) in [6, 6.07) is 11.7. The van der Waals surface area contributed by atoms with Gasteiger partial charge >= 0.3 is 0 Å². The molecule has 2 aliphatic heterocycles. The van der Waals surface area contributed by atoms with Crippen LogP contribution in [0.1, 0.15) is 37.3 Å². The van der Waals surface area contributed by atoms with Crippen molar-refractivity contribution in [2.45, 2.75) is 43.6 Å². The van der Waals surface area contributed by atoms with Crippen LogP contribution in [0.15, 0.2) is 30.3 Å². The van der Waals surface area contributed by atoms with Gasteiger partial charge < -0.3 is 19.5 Å². The van der Waals surface area contributed by atoms with E-state index < -0.39 is 0 Å². The highest BCUT2D eigenvalue weighted by molar-refractivity contribution is 5.19. The SMILES string of the molecule is c1ccc([C@H](CN2CCOCC2)NC2CCC3(CC2)OCCO3)cc1. The first-order valence-electron chi connectivity index (χ1n) is 9.72. The fourth-order valence-corrected chi connectivity index (χ4v) is 4.28. The van der Waals surface area contributed by atoms with Crippen molar-refractivity contribution in [1.82, 2.24) is 10.2 Å². The lowest BCUT2D eigenvalue weighted by molar-refractivity contribution is -0.179. The van der Waals surface area contributed by atoms with Crippen molar-refractivity contribution in [2.75, 3.05) is 46.1 Å². The van der Waals surface area contributed by atoms with Crippen molar-refractivity contribution < 1.29 is 14.2 Å². The Morgan fingerprint density at radius 1 is 1.00 bits per heavy atom. The Kier molecular flexibility index (Phi) is 5.68. The van der Waals surface area contributed by atoms with Gasteiger partial charge in [0.15, 0.2) is 5.79 Å². The molecule has 1 aromatic carbocycles. The van der Waals surface area contributed by atoms with Gasteiger partial charge in [-0.05, 0) is 18.4 Å². The van der Waals surface area contributed by atoms with Crippen molar-refractivity contribution in [3.63, 3.8) is 0 Å². The van der Waals surface area contributed by atoms with Crippen LogP contribution >= 0.6 is 0 Å². The quantitative estimate of drug-likeness (QED) is 0.886. The van der Waals surface area contributed by atoms with Gasteiger partial charge in [-0.2, -0.15) is 0 Å². The smallest absolute Gasteiger partial charge is 0.168 e. The number of hydrogen-bond acceptors (Lipinski definition) is 5. The molecule has 0 aromatic heterocycles. The van der Waals surface area contributed by atoms with E-state index in [-0.39, 0.29) is 5.79 Å². The summed E-state index contributed by atoms with van der Waals surface area (Å²) in [5.41, 5.74) is 1.38. The van der Waals surface area contributed by atoms with Crippen LogP contribution < -0.4 is 5.32 Å². The molecule has 138 valence electrons. The molecule has 1 atom stereocenters. The van der Waals surface area contributed by atoms with Crippen molar-refractivity contribution in [3.8, 4) is 0 Å². The number of rotatable bonds is 5. The van der Waals surface area contributed by atoms with Gasteiger partial charge in [0.05, 0.1) is 26.4 Å². The lowest BCUT2D eigenvalue weighted by Crippen LogP contribution is -2.47. The standard InChI is InChI=1S/C20H30N2O3/c1-2-4-17(5-3-1)19(16-22-10-12-23-13-11-22)21-18-6-8-20(9-7-18)24-14-15-25-20/h1-5,18-19,21H,6-16H2/t19-/m0/s1. The highest BCUT2D eigenvalue weighted by Crippen LogP contribution is 2.36. The van der Waals surface area contributed by atoms with Gasteiger partial charge in [0.25, 0.3) is 0 Å². The normalized spacial score (nSPS) is 26.1. The third-order valence-corrected chi connectivity index (χ3v) is 5.74. The van der Waals surface area contributed by atoms with Gasteiger partial charge in [-0.1, -0.05) is 30.3 Å². The summed E-state index contributed by atoms with van der Waals surface area (Å²) < 4.78 is 17.2. The zero-order valence-electron chi connectivity index (χ0n) is 15.0. The van der Waals surface area contributed by atoms with E-state index in [1.54, 1.807) is 0 Å². The monoisotopic (exact) mass is 346 g/mol. The van der Waals surface area contributed by atoms with E-state index in [0.717, 1.165) is 71.7 Å². The van der Waals surface area contributed by atoms with Crippen LogP contribution in [0.25, 0.3) is 0 Å². The molecule has 0 radical (unpaired) electrons. The molecule has 1 spiro atoms. The minimum atomic E-state index is -0.273. The number of nitrogens with one attached hydrogen (secondary N) is 1. The lowest BCUT2D eigenvalue weighted by Gasteiger charge is -2.38. The number of nitrogens with zero attached hydrogens (tertiary/aromatic N) is 1. The van der Waals surface area contributed by atoms with E-state index in [2.05, 4.69) is 40.5 Å². The fourth-order valence-electron chi connectivity index (χ4n) is 4.28. The van der Waals surface area contributed by atoms with Crippen LogP contribution in [0.3, 0.4) is 0 Å². The van der Waals surface area contributed by atoms with Crippen LogP contribution in [0.2, 0.25) is 0 Å². The van der Waals surface area contributed by atoms with Crippen molar-refractivity contribution in [2.24, 2.45) is 0 Å². The molecular formula is C20H30N2O3. The van der Waals surface area contributed by atoms with Crippen LogP contribution in [0, 0.1) is 0 Å². The van der Waals surface area contributed by atoms with E-state index in [1.807, 2.05) is 0 Å². The molecule has 4 rings (SSSR count). The van der Waals surface area contributed by atoms with E-state index in [0.29, 0.717) is 12.1 Å². The predicted octanol–water partition coefficient (Wildman–Crippen LogP) is 2.34. The summed E-state index contributed by atoms with van der Waals surface area (Å²) in [5.74, 6) is -0.273. The fraction of sp³-hybridized carbons (Fsp3) is 0.700. The van der Waals surface area contributed by atoms with Crippen molar-refractivity contribution >= 4 is 0 Å². The van der Waals surface area contributed by atoms with Crippen LogP contribution in [0.4, 0.5) is 0 Å². The highest BCUT2D eigenvalue weighted by Gasteiger charge is 2.40. The van der Waals surface area contributed by atoms with Crippen LogP contribution in [0.5, 0.6) is 0 Å². The zero-order chi connectivity index (χ0) is 17.0. The highest BCUT2D eigenvalue weighted by atomic mass is 16.7. The Hall–Kier alpha value is -0.980. The van der Waals surface area contributed by atoms with Crippen LogP contribution in [-0.4, -0.2) is 62.8 Å². The van der Waals surface area contributed by atoms with Crippen molar-refractivity contribution in [1.29, 1.82) is 0 Å². The zero-order valence-corrected chi connectivity index (χ0v) is 15.0. The average Bonchev–Trinajstić information content (AvgIpc) is 3.13. The molecule has 3 fully saturated rings. The molecule has 1 saturated carbocycles. The molecule has 25 heavy (non-hydrogen) atoms. The number of ether oxygens (including phenoxy) is 3. The molecule has 0 bridgehead atoms. The molecule has 2 heterocycles. The van der Waals surface area contributed by atoms with Crippen LogP contribution in [-0.2, 0) is 14.2 Å². The van der Waals surface area contributed by atoms with E-state index in [9.17, 15) is 0 Å². The minimum Gasteiger partial charge on any atom is -0.379 e. The molecule has 0 amide bonds. The first kappa shape index (κ1) is 17.4. The number of benzene rings is 1. The molecule has 3 aliphatic rings. The second kappa shape index (κ2) is 8.14. The summed E-state index contributed by atoms with van der Waals surface area (Å²) in [6.07, 6.45) is 4.24. The summed E-state index contributed by atoms with van der Waals surface area (Å²) in [7, 11) is 0. The van der Waals surface area contributed by atoms with Gasteiger partial charge in [-0.25, -0.2) is 0 Å². The Morgan fingerprint density at radius 3 is 2.36 bits per heavy atom. The first-order valence-corrected chi connectivity index (χ1v) is 9.72. The Bertz CT molecular complexity index is 517. The summed E-state index contributed by atoms with van der Waals surface area (Å²) in [4.78, 5) is 2.52. The molecule has 5 nitrogen and oxygen atoms in total. The molecule has 0 unspecified atom stereocenters. The lowest BCUT2D eigenvalue weighted by atomic mass is 9.89. The summed E-state index contributed by atoms with van der Waals surface area (Å²) >= 11 is 0.